The van der Waals surface area contributed by atoms with E-state index >= 15 is 0 Å². The molecule has 2 N–H and O–H groups in total. The van der Waals surface area contributed by atoms with Crippen LogP contribution in [0, 0.1) is 6.92 Å². The summed E-state index contributed by atoms with van der Waals surface area (Å²) in [6.45, 7) is 2.82. The van der Waals surface area contributed by atoms with E-state index in [-0.39, 0.29) is 6.04 Å². The van der Waals surface area contributed by atoms with Gasteiger partial charge in [-0.15, -0.1) is 0 Å². The van der Waals surface area contributed by atoms with Crippen LogP contribution < -0.4 is 5.73 Å². The Morgan fingerprint density at radius 3 is 2.50 bits per heavy atom. The van der Waals surface area contributed by atoms with Gasteiger partial charge in [0.05, 0.1) is 12.6 Å². The molecular weight excluding hydrogens is 314 g/mol. The fourth-order valence-corrected chi connectivity index (χ4v) is 2.69. The second-order valence-corrected chi connectivity index (χ2v) is 5.84. The largest absolute Gasteiger partial charge is 0.384 e. The lowest BCUT2D eigenvalue weighted by Crippen LogP contribution is -2.12. The third-order valence-corrected chi connectivity index (χ3v) is 4.14. The summed E-state index contributed by atoms with van der Waals surface area (Å²) in [7, 11) is 1.72. The summed E-state index contributed by atoms with van der Waals surface area (Å²) < 4.78 is 6.15. The van der Waals surface area contributed by atoms with Crippen molar-refractivity contribution >= 4 is 15.9 Å². The van der Waals surface area contributed by atoms with Gasteiger partial charge in [-0.2, -0.15) is 0 Å². The molecule has 2 aromatic carbocycles. The highest BCUT2D eigenvalue weighted by Crippen LogP contribution is 2.28. The molecule has 2 rings (SSSR count). The third kappa shape index (κ3) is 3.69. The standard InChI is InChI=1S/C17H20BrNO/c1-12-3-8-16(18)15(11-12)17(19)14-6-4-13(5-7-14)9-10-20-2/h3-8,11,17H,9-10,19H2,1-2H3. The highest BCUT2D eigenvalue weighted by atomic mass is 79.9. The third-order valence-electron chi connectivity index (χ3n) is 3.42. The molecule has 2 aromatic rings. The Morgan fingerprint density at radius 1 is 1.15 bits per heavy atom. The maximum absolute atomic E-state index is 6.38. The van der Waals surface area contributed by atoms with Crippen molar-refractivity contribution in [2.75, 3.05) is 13.7 Å². The molecule has 3 heteroatoms. The zero-order valence-corrected chi connectivity index (χ0v) is 13.5. The Morgan fingerprint density at radius 2 is 1.85 bits per heavy atom. The van der Waals surface area contributed by atoms with Crippen LogP contribution in [0.2, 0.25) is 0 Å². The van der Waals surface area contributed by atoms with Gasteiger partial charge in [0, 0.05) is 11.6 Å². The van der Waals surface area contributed by atoms with E-state index in [1.54, 1.807) is 7.11 Å². The van der Waals surface area contributed by atoms with Gasteiger partial charge >= 0.3 is 0 Å². The molecular formula is C17H20BrNO. The number of aryl methyl sites for hydroxylation is 1. The first-order chi connectivity index (χ1) is 9.61. The Labute approximate surface area is 129 Å². The van der Waals surface area contributed by atoms with Crippen LogP contribution in [0.15, 0.2) is 46.9 Å². The second kappa shape index (κ2) is 7.02. The smallest absolute Gasteiger partial charge is 0.0562 e. The van der Waals surface area contributed by atoms with Gasteiger partial charge in [-0.1, -0.05) is 57.9 Å². The topological polar surface area (TPSA) is 35.2 Å². The molecule has 2 nitrogen and oxygen atoms in total. The van der Waals surface area contributed by atoms with Crippen LogP contribution in [-0.2, 0) is 11.2 Å². The summed E-state index contributed by atoms with van der Waals surface area (Å²) in [4.78, 5) is 0. The van der Waals surface area contributed by atoms with Crippen molar-refractivity contribution in [2.45, 2.75) is 19.4 Å². The number of ether oxygens (including phenoxy) is 1. The molecule has 0 spiro atoms. The molecule has 0 bridgehead atoms. The van der Waals surface area contributed by atoms with Crippen molar-refractivity contribution in [1.82, 2.24) is 0 Å². The van der Waals surface area contributed by atoms with Crippen molar-refractivity contribution in [2.24, 2.45) is 5.73 Å². The first kappa shape index (κ1) is 15.2. The molecule has 0 heterocycles. The fraction of sp³-hybridized carbons (Fsp3) is 0.294. The van der Waals surface area contributed by atoms with Gasteiger partial charge in [0.2, 0.25) is 0 Å². The summed E-state index contributed by atoms with van der Waals surface area (Å²) in [5, 5.41) is 0. The number of hydrogen-bond donors (Lipinski definition) is 1. The Balaban J connectivity index is 2.20. The van der Waals surface area contributed by atoms with Crippen molar-refractivity contribution < 1.29 is 4.74 Å². The molecule has 0 aliphatic heterocycles. The summed E-state index contributed by atoms with van der Waals surface area (Å²) in [5.41, 5.74) is 11.1. The van der Waals surface area contributed by atoms with E-state index in [1.807, 2.05) is 0 Å². The van der Waals surface area contributed by atoms with Gasteiger partial charge in [-0.05, 0) is 36.1 Å². The van der Waals surface area contributed by atoms with E-state index in [2.05, 4.69) is 65.3 Å². The van der Waals surface area contributed by atoms with Gasteiger partial charge in [-0.3, -0.25) is 0 Å². The molecule has 0 saturated carbocycles. The minimum absolute atomic E-state index is 0.110. The van der Waals surface area contributed by atoms with Crippen molar-refractivity contribution in [1.29, 1.82) is 0 Å². The SMILES string of the molecule is COCCc1ccc(C(N)c2cc(C)ccc2Br)cc1. The molecule has 1 unspecified atom stereocenters. The number of methoxy groups -OCH3 is 1. The molecule has 0 aliphatic carbocycles. The molecule has 20 heavy (non-hydrogen) atoms. The molecule has 0 radical (unpaired) electrons. The van der Waals surface area contributed by atoms with E-state index in [1.165, 1.54) is 11.1 Å². The molecule has 0 aliphatic rings. The van der Waals surface area contributed by atoms with E-state index in [9.17, 15) is 0 Å². The monoisotopic (exact) mass is 333 g/mol. The van der Waals surface area contributed by atoms with E-state index in [4.69, 9.17) is 10.5 Å². The summed E-state index contributed by atoms with van der Waals surface area (Å²) in [6, 6.07) is 14.6. The number of hydrogen-bond acceptors (Lipinski definition) is 2. The maximum atomic E-state index is 6.38. The van der Waals surface area contributed by atoms with Gasteiger partial charge in [0.1, 0.15) is 0 Å². The first-order valence-electron chi connectivity index (χ1n) is 6.71. The number of nitrogens with two attached hydrogens (primary N) is 1. The molecule has 0 aromatic heterocycles. The van der Waals surface area contributed by atoms with Crippen molar-refractivity contribution in [3.63, 3.8) is 0 Å². The Hall–Kier alpha value is -1.16. The number of benzene rings is 2. The second-order valence-electron chi connectivity index (χ2n) is 4.99. The zero-order valence-electron chi connectivity index (χ0n) is 11.9. The highest BCUT2D eigenvalue weighted by molar-refractivity contribution is 9.10. The van der Waals surface area contributed by atoms with Crippen LogP contribution in [0.4, 0.5) is 0 Å². The van der Waals surface area contributed by atoms with E-state index < -0.39 is 0 Å². The normalized spacial score (nSPS) is 12.4. The summed E-state index contributed by atoms with van der Waals surface area (Å²) in [5.74, 6) is 0. The minimum Gasteiger partial charge on any atom is -0.384 e. The zero-order chi connectivity index (χ0) is 14.5. The molecule has 1 atom stereocenters. The molecule has 0 amide bonds. The van der Waals surface area contributed by atoms with Gasteiger partial charge in [0.25, 0.3) is 0 Å². The van der Waals surface area contributed by atoms with Gasteiger partial charge < -0.3 is 10.5 Å². The lowest BCUT2D eigenvalue weighted by atomic mass is 9.97. The lowest BCUT2D eigenvalue weighted by molar-refractivity contribution is 0.202. The predicted molar refractivity (Wildman–Crippen MR) is 86.9 cm³/mol. The summed E-state index contributed by atoms with van der Waals surface area (Å²) in [6.07, 6.45) is 0.931. The van der Waals surface area contributed by atoms with Gasteiger partial charge in [0.15, 0.2) is 0 Å². The maximum Gasteiger partial charge on any atom is 0.0562 e. The van der Waals surface area contributed by atoms with Crippen LogP contribution in [0.1, 0.15) is 28.3 Å². The molecule has 0 fully saturated rings. The number of halogens is 1. The average molecular weight is 334 g/mol. The van der Waals surface area contributed by atoms with Crippen LogP contribution in [0.5, 0.6) is 0 Å². The predicted octanol–water partition coefficient (Wildman–Crippen LogP) is 3.99. The van der Waals surface area contributed by atoms with Crippen LogP contribution >= 0.6 is 15.9 Å². The van der Waals surface area contributed by atoms with E-state index in [0.29, 0.717) is 0 Å². The Bertz CT molecular complexity index is 566. The van der Waals surface area contributed by atoms with E-state index in [0.717, 1.165) is 28.6 Å². The lowest BCUT2D eigenvalue weighted by Gasteiger charge is -2.15. The van der Waals surface area contributed by atoms with Gasteiger partial charge in [-0.25, -0.2) is 0 Å². The summed E-state index contributed by atoms with van der Waals surface area (Å²) >= 11 is 3.58. The Kier molecular flexibility index (Phi) is 5.35. The highest BCUT2D eigenvalue weighted by Gasteiger charge is 2.12. The molecule has 0 saturated heterocycles. The number of rotatable bonds is 5. The fourth-order valence-electron chi connectivity index (χ4n) is 2.19. The minimum atomic E-state index is -0.110. The van der Waals surface area contributed by atoms with Crippen molar-refractivity contribution in [3.05, 3.63) is 69.2 Å². The van der Waals surface area contributed by atoms with Crippen LogP contribution in [0.3, 0.4) is 0 Å². The van der Waals surface area contributed by atoms with Crippen LogP contribution in [0.25, 0.3) is 0 Å². The van der Waals surface area contributed by atoms with Crippen LogP contribution in [-0.4, -0.2) is 13.7 Å². The first-order valence-corrected chi connectivity index (χ1v) is 7.50. The molecule has 106 valence electrons. The van der Waals surface area contributed by atoms with Crippen molar-refractivity contribution in [3.8, 4) is 0 Å². The quantitative estimate of drug-likeness (QED) is 0.897. The average Bonchev–Trinajstić information content (AvgIpc) is 2.47.